The Morgan fingerprint density at radius 1 is 1.33 bits per heavy atom. The van der Waals surface area contributed by atoms with E-state index in [2.05, 4.69) is 5.32 Å². The third-order valence-electron chi connectivity index (χ3n) is 3.81. The summed E-state index contributed by atoms with van der Waals surface area (Å²) in [5.74, 6) is -1.45. The molecule has 2 aliphatic rings. The van der Waals surface area contributed by atoms with E-state index in [1.54, 1.807) is 13.0 Å². The average Bonchev–Trinajstić information content (AvgIpc) is 2.75. The van der Waals surface area contributed by atoms with E-state index in [1.807, 2.05) is 0 Å². The Hall–Kier alpha value is -2.44. The Morgan fingerprint density at radius 3 is 2.86 bits per heavy atom. The predicted octanol–water partition coefficient (Wildman–Crippen LogP) is 0.510. The minimum atomic E-state index is -0.678. The van der Waals surface area contributed by atoms with Crippen LogP contribution in [-0.4, -0.2) is 53.3 Å². The SMILES string of the molecule is Cc1ccc(F)c(C(=O)N2CCN3C(=O)NC(=O)[C@@H]3C2)c1. The van der Waals surface area contributed by atoms with Crippen LogP contribution in [0.15, 0.2) is 18.2 Å². The van der Waals surface area contributed by atoms with Gasteiger partial charge < -0.3 is 9.80 Å². The summed E-state index contributed by atoms with van der Waals surface area (Å²) in [7, 11) is 0. The number of hydrogen-bond donors (Lipinski definition) is 1. The number of nitrogens with zero attached hydrogens (tertiary/aromatic N) is 2. The van der Waals surface area contributed by atoms with E-state index in [9.17, 15) is 18.8 Å². The van der Waals surface area contributed by atoms with Gasteiger partial charge in [0.1, 0.15) is 11.9 Å². The number of hydrogen-bond acceptors (Lipinski definition) is 3. The first-order valence-electron chi connectivity index (χ1n) is 6.64. The standard InChI is InChI=1S/C14H14FN3O3/c1-8-2-3-10(15)9(6-8)13(20)17-4-5-18-11(7-17)12(19)16-14(18)21/h2-3,6,11H,4-5,7H2,1H3,(H,16,19,21)/t11-/m0/s1. The van der Waals surface area contributed by atoms with Gasteiger partial charge >= 0.3 is 6.03 Å². The van der Waals surface area contributed by atoms with Gasteiger partial charge in [0, 0.05) is 13.1 Å². The highest BCUT2D eigenvalue weighted by molar-refractivity contribution is 6.05. The molecule has 3 rings (SSSR count). The molecule has 0 radical (unpaired) electrons. The van der Waals surface area contributed by atoms with E-state index in [0.717, 1.165) is 5.56 Å². The van der Waals surface area contributed by atoms with Gasteiger partial charge in [0.2, 0.25) is 0 Å². The van der Waals surface area contributed by atoms with Crippen molar-refractivity contribution in [1.82, 2.24) is 15.1 Å². The van der Waals surface area contributed by atoms with Crippen molar-refractivity contribution < 1.29 is 18.8 Å². The second-order valence-corrected chi connectivity index (χ2v) is 5.24. The molecule has 110 valence electrons. The smallest absolute Gasteiger partial charge is 0.324 e. The third kappa shape index (κ3) is 2.24. The van der Waals surface area contributed by atoms with E-state index in [-0.39, 0.29) is 25.2 Å². The zero-order valence-electron chi connectivity index (χ0n) is 11.4. The summed E-state index contributed by atoms with van der Waals surface area (Å²) in [6.45, 7) is 2.41. The summed E-state index contributed by atoms with van der Waals surface area (Å²) in [5.41, 5.74) is 0.778. The molecule has 0 spiro atoms. The Morgan fingerprint density at radius 2 is 2.10 bits per heavy atom. The van der Waals surface area contributed by atoms with E-state index in [0.29, 0.717) is 0 Å². The molecule has 2 heterocycles. The lowest BCUT2D eigenvalue weighted by molar-refractivity contribution is -0.122. The van der Waals surface area contributed by atoms with Gasteiger partial charge in [0.05, 0.1) is 12.1 Å². The molecule has 1 aromatic rings. The van der Waals surface area contributed by atoms with Gasteiger partial charge in [-0.2, -0.15) is 0 Å². The summed E-state index contributed by atoms with van der Waals surface area (Å²) in [6.07, 6.45) is 0. The molecule has 0 unspecified atom stereocenters. The molecule has 7 heteroatoms. The first-order valence-corrected chi connectivity index (χ1v) is 6.64. The fourth-order valence-electron chi connectivity index (χ4n) is 2.67. The van der Waals surface area contributed by atoms with Crippen LogP contribution in [0.25, 0.3) is 0 Å². The molecular weight excluding hydrogens is 277 g/mol. The van der Waals surface area contributed by atoms with Crippen LogP contribution in [0.5, 0.6) is 0 Å². The first-order chi connectivity index (χ1) is 9.97. The number of urea groups is 1. The van der Waals surface area contributed by atoms with Crippen LogP contribution in [0.2, 0.25) is 0 Å². The topological polar surface area (TPSA) is 69.7 Å². The molecule has 1 aromatic carbocycles. The van der Waals surface area contributed by atoms with E-state index in [4.69, 9.17) is 0 Å². The Bertz CT molecular complexity index is 646. The van der Waals surface area contributed by atoms with Crippen molar-refractivity contribution in [2.45, 2.75) is 13.0 Å². The third-order valence-corrected chi connectivity index (χ3v) is 3.81. The summed E-state index contributed by atoms with van der Waals surface area (Å²) in [6, 6.07) is 3.23. The summed E-state index contributed by atoms with van der Waals surface area (Å²) in [4.78, 5) is 38.4. The highest BCUT2D eigenvalue weighted by Gasteiger charge is 2.43. The molecule has 0 saturated carbocycles. The van der Waals surface area contributed by atoms with Crippen LogP contribution in [0.3, 0.4) is 0 Å². The summed E-state index contributed by atoms with van der Waals surface area (Å²) < 4.78 is 13.8. The van der Waals surface area contributed by atoms with Crippen molar-refractivity contribution >= 4 is 17.8 Å². The highest BCUT2D eigenvalue weighted by Crippen LogP contribution is 2.19. The summed E-state index contributed by atoms with van der Waals surface area (Å²) in [5, 5.41) is 2.21. The lowest BCUT2D eigenvalue weighted by Crippen LogP contribution is -2.54. The number of aryl methyl sites for hydroxylation is 1. The fourth-order valence-corrected chi connectivity index (χ4v) is 2.67. The molecule has 2 saturated heterocycles. The molecule has 1 atom stereocenters. The van der Waals surface area contributed by atoms with Gasteiger partial charge in [-0.05, 0) is 19.1 Å². The highest BCUT2D eigenvalue weighted by atomic mass is 19.1. The van der Waals surface area contributed by atoms with Crippen molar-refractivity contribution in [3.63, 3.8) is 0 Å². The van der Waals surface area contributed by atoms with Crippen LogP contribution >= 0.6 is 0 Å². The number of benzene rings is 1. The molecule has 1 N–H and O–H groups in total. The van der Waals surface area contributed by atoms with Gasteiger partial charge in [0.25, 0.3) is 11.8 Å². The van der Waals surface area contributed by atoms with E-state index >= 15 is 0 Å². The maximum absolute atomic E-state index is 13.8. The zero-order valence-corrected chi connectivity index (χ0v) is 11.4. The number of amides is 4. The second kappa shape index (κ2) is 4.83. The van der Waals surface area contributed by atoms with Crippen molar-refractivity contribution in [3.05, 3.63) is 35.1 Å². The maximum Gasteiger partial charge on any atom is 0.324 e. The zero-order chi connectivity index (χ0) is 15.1. The Balaban J connectivity index is 1.82. The van der Waals surface area contributed by atoms with Gasteiger partial charge in [-0.1, -0.05) is 11.6 Å². The maximum atomic E-state index is 13.8. The lowest BCUT2D eigenvalue weighted by Gasteiger charge is -2.35. The van der Waals surface area contributed by atoms with Gasteiger partial charge in [0.15, 0.2) is 0 Å². The number of piperazine rings is 1. The fraction of sp³-hybridized carbons (Fsp3) is 0.357. The van der Waals surface area contributed by atoms with Crippen molar-refractivity contribution in [2.75, 3.05) is 19.6 Å². The first kappa shape index (κ1) is 13.5. The number of imide groups is 1. The van der Waals surface area contributed by atoms with Crippen LogP contribution in [0, 0.1) is 12.7 Å². The number of nitrogens with one attached hydrogen (secondary N) is 1. The number of halogens is 1. The number of carbonyl (C=O) groups excluding carboxylic acids is 3. The van der Waals surface area contributed by atoms with Crippen LogP contribution in [-0.2, 0) is 4.79 Å². The van der Waals surface area contributed by atoms with Crippen molar-refractivity contribution in [2.24, 2.45) is 0 Å². The van der Waals surface area contributed by atoms with Crippen LogP contribution < -0.4 is 5.32 Å². The molecule has 2 fully saturated rings. The monoisotopic (exact) mass is 291 g/mol. The van der Waals surface area contributed by atoms with Crippen molar-refractivity contribution in [3.8, 4) is 0 Å². The Labute approximate surface area is 120 Å². The Kier molecular flexibility index (Phi) is 3.12. The molecule has 21 heavy (non-hydrogen) atoms. The average molecular weight is 291 g/mol. The van der Waals surface area contributed by atoms with Crippen molar-refractivity contribution in [1.29, 1.82) is 0 Å². The molecular formula is C14H14FN3O3. The van der Waals surface area contributed by atoms with Crippen LogP contribution in [0.4, 0.5) is 9.18 Å². The summed E-state index contributed by atoms with van der Waals surface area (Å²) >= 11 is 0. The van der Waals surface area contributed by atoms with Gasteiger partial charge in [-0.3, -0.25) is 14.9 Å². The van der Waals surface area contributed by atoms with E-state index < -0.39 is 29.7 Å². The largest absolute Gasteiger partial charge is 0.334 e. The van der Waals surface area contributed by atoms with E-state index in [1.165, 1.54) is 21.9 Å². The normalized spacial score (nSPS) is 21.3. The lowest BCUT2D eigenvalue weighted by atomic mass is 10.1. The number of fused-ring (bicyclic) bond motifs is 1. The molecule has 2 aliphatic heterocycles. The molecule has 0 bridgehead atoms. The predicted molar refractivity (Wildman–Crippen MR) is 71.1 cm³/mol. The van der Waals surface area contributed by atoms with Gasteiger partial charge in [-0.25, -0.2) is 9.18 Å². The van der Waals surface area contributed by atoms with Crippen LogP contribution in [0.1, 0.15) is 15.9 Å². The molecule has 4 amide bonds. The number of carbonyl (C=O) groups is 3. The minimum absolute atomic E-state index is 0.00631. The quantitative estimate of drug-likeness (QED) is 0.767. The molecule has 0 aromatic heterocycles. The second-order valence-electron chi connectivity index (χ2n) is 5.24. The number of rotatable bonds is 1. The molecule has 0 aliphatic carbocycles. The molecule has 6 nitrogen and oxygen atoms in total. The van der Waals surface area contributed by atoms with Gasteiger partial charge in [-0.15, -0.1) is 0 Å². The minimum Gasteiger partial charge on any atom is -0.334 e.